The molecule has 3 aromatic carbocycles. The van der Waals surface area contributed by atoms with E-state index in [-0.39, 0.29) is 13.2 Å². The number of hydrogen-bond acceptors (Lipinski definition) is 5. The van der Waals surface area contributed by atoms with Crippen molar-refractivity contribution >= 4 is 0 Å². The first kappa shape index (κ1) is 23.1. The highest BCUT2D eigenvalue weighted by molar-refractivity contribution is 5.15. The molecule has 0 saturated heterocycles. The molecule has 0 saturated carbocycles. The number of aliphatic hydroxyl groups is 2. The van der Waals surface area contributed by atoms with Crippen molar-refractivity contribution in [1.82, 2.24) is 0 Å². The molecule has 0 radical (unpaired) electrons. The van der Waals surface area contributed by atoms with Gasteiger partial charge >= 0.3 is 0 Å². The Kier molecular flexibility index (Phi) is 9.70. The van der Waals surface area contributed by atoms with Gasteiger partial charge in [0.05, 0.1) is 33.0 Å². The van der Waals surface area contributed by atoms with Crippen LogP contribution in [0.2, 0.25) is 0 Å². The molecule has 3 rings (SSSR count). The van der Waals surface area contributed by atoms with E-state index in [4.69, 9.17) is 14.2 Å². The molecule has 5 heteroatoms. The van der Waals surface area contributed by atoms with E-state index in [1.165, 1.54) is 0 Å². The van der Waals surface area contributed by atoms with E-state index >= 15 is 0 Å². The van der Waals surface area contributed by atoms with Crippen molar-refractivity contribution in [2.75, 3.05) is 13.2 Å². The van der Waals surface area contributed by atoms with E-state index in [1.807, 2.05) is 91.0 Å². The fourth-order valence-electron chi connectivity index (χ4n) is 3.23. The quantitative estimate of drug-likeness (QED) is 0.439. The second kappa shape index (κ2) is 13.0. The molecule has 2 N–H and O–H groups in total. The Hall–Kier alpha value is -2.54. The molecule has 164 valence electrons. The first-order valence-corrected chi connectivity index (χ1v) is 10.5. The summed E-state index contributed by atoms with van der Waals surface area (Å²) in [7, 11) is 0. The van der Waals surface area contributed by atoms with E-state index in [0.29, 0.717) is 19.8 Å². The van der Waals surface area contributed by atoms with Crippen molar-refractivity contribution < 1.29 is 24.4 Å². The highest BCUT2D eigenvalue weighted by Gasteiger charge is 2.30. The normalized spacial score (nSPS) is 14.1. The second-order valence-corrected chi connectivity index (χ2v) is 7.35. The lowest BCUT2D eigenvalue weighted by Gasteiger charge is -2.30. The lowest BCUT2D eigenvalue weighted by molar-refractivity contribution is -0.157. The van der Waals surface area contributed by atoms with E-state index in [1.54, 1.807) is 0 Å². The molecule has 0 heterocycles. The maximum Gasteiger partial charge on any atom is 0.114 e. The molecule has 0 aromatic heterocycles. The summed E-state index contributed by atoms with van der Waals surface area (Å²) in [5, 5.41) is 20.8. The van der Waals surface area contributed by atoms with Gasteiger partial charge in [-0.05, 0) is 16.7 Å². The molecular weight excluding hydrogens is 392 g/mol. The van der Waals surface area contributed by atoms with Gasteiger partial charge in [-0.25, -0.2) is 0 Å². The van der Waals surface area contributed by atoms with Crippen molar-refractivity contribution in [2.45, 2.75) is 38.1 Å². The van der Waals surface area contributed by atoms with Gasteiger partial charge in [-0.1, -0.05) is 91.0 Å². The highest BCUT2D eigenvalue weighted by Crippen LogP contribution is 2.16. The Labute approximate surface area is 183 Å². The third-order valence-corrected chi connectivity index (χ3v) is 4.92. The average molecular weight is 423 g/mol. The lowest BCUT2D eigenvalue weighted by atomic mass is 10.1. The average Bonchev–Trinajstić information content (AvgIpc) is 2.83. The largest absolute Gasteiger partial charge is 0.394 e. The fourth-order valence-corrected chi connectivity index (χ4v) is 3.23. The van der Waals surface area contributed by atoms with Crippen molar-refractivity contribution in [3.63, 3.8) is 0 Å². The molecule has 0 bridgehead atoms. The van der Waals surface area contributed by atoms with Crippen molar-refractivity contribution in [3.8, 4) is 0 Å². The van der Waals surface area contributed by atoms with Gasteiger partial charge in [0.25, 0.3) is 0 Å². The number of ether oxygens (including phenoxy) is 3. The Morgan fingerprint density at radius 3 is 1.55 bits per heavy atom. The van der Waals surface area contributed by atoms with Crippen molar-refractivity contribution in [3.05, 3.63) is 108 Å². The molecule has 0 aliphatic rings. The third-order valence-electron chi connectivity index (χ3n) is 4.92. The summed E-state index contributed by atoms with van der Waals surface area (Å²) < 4.78 is 17.6. The monoisotopic (exact) mass is 422 g/mol. The molecule has 3 unspecified atom stereocenters. The second-order valence-electron chi connectivity index (χ2n) is 7.35. The molecule has 5 nitrogen and oxygen atoms in total. The van der Waals surface area contributed by atoms with Gasteiger partial charge in [-0.15, -0.1) is 0 Å². The number of hydrogen-bond donors (Lipinski definition) is 2. The van der Waals surface area contributed by atoms with Crippen LogP contribution in [0.4, 0.5) is 0 Å². The van der Waals surface area contributed by atoms with E-state index in [2.05, 4.69) is 0 Å². The van der Waals surface area contributed by atoms with Crippen LogP contribution in [0.1, 0.15) is 16.7 Å². The number of benzene rings is 3. The van der Waals surface area contributed by atoms with Gasteiger partial charge in [0, 0.05) is 0 Å². The Bertz CT molecular complexity index is 841. The summed E-state index contributed by atoms with van der Waals surface area (Å²) in [6.07, 6.45) is -2.40. The maximum atomic E-state index is 10.8. The zero-order valence-corrected chi connectivity index (χ0v) is 17.5. The van der Waals surface area contributed by atoms with Crippen LogP contribution in [0.15, 0.2) is 91.0 Å². The van der Waals surface area contributed by atoms with Crippen LogP contribution in [0.25, 0.3) is 0 Å². The molecule has 0 amide bonds. The summed E-state index contributed by atoms with van der Waals surface area (Å²) in [5.41, 5.74) is 2.98. The predicted octanol–water partition coefficient (Wildman–Crippen LogP) is 3.73. The van der Waals surface area contributed by atoms with Gasteiger partial charge in [0.15, 0.2) is 0 Å². The topological polar surface area (TPSA) is 68.2 Å². The van der Waals surface area contributed by atoms with Gasteiger partial charge in [-0.3, -0.25) is 0 Å². The van der Waals surface area contributed by atoms with Crippen LogP contribution in [-0.2, 0) is 34.0 Å². The molecular formula is C26H30O5. The fraction of sp³-hybridized carbons (Fsp3) is 0.308. The molecule has 3 atom stereocenters. The van der Waals surface area contributed by atoms with Crippen LogP contribution in [0, 0.1) is 0 Å². The predicted molar refractivity (Wildman–Crippen MR) is 119 cm³/mol. The van der Waals surface area contributed by atoms with Crippen LogP contribution in [-0.4, -0.2) is 41.7 Å². The number of aliphatic hydroxyl groups excluding tert-OH is 2. The first-order chi connectivity index (χ1) is 15.3. The van der Waals surface area contributed by atoms with Gasteiger partial charge < -0.3 is 24.4 Å². The summed E-state index contributed by atoms with van der Waals surface area (Å²) in [5.74, 6) is 0. The summed E-state index contributed by atoms with van der Waals surface area (Å²) in [6.45, 7) is 0.793. The zero-order chi connectivity index (χ0) is 21.7. The molecule has 0 aliphatic heterocycles. The van der Waals surface area contributed by atoms with Gasteiger partial charge in [0.1, 0.15) is 18.3 Å². The summed E-state index contributed by atoms with van der Waals surface area (Å²) in [6, 6.07) is 29.2. The Morgan fingerprint density at radius 2 is 1.06 bits per heavy atom. The highest BCUT2D eigenvalue weighted by atomic mass is 16.6. The molecule has 3 aromatic rings. The summed E-state index contributed by atoms with van der Waals surface area (Å²) in [4.78, 5) is 0. The zero-order valence-electron chi connectivity index (χ0n) is 17.5. The Morgan fingerprint density at radius 1 is 0.613 bits per heavy atom. The minimum atomic E-state index is -0.958. The minimum Gasteiger partial charge on any atom is -0.394 e. The van der Waals surface area contributed by atoms with Crippen LogP contribution in [0.3, 0.4) is 0 Å². The van der Waals surface area contributed by atoms with E-state index < -0.39 is 18.3 Å². The molecule has 0 spiro atoms. The van der Waals surface area contributed by atoms with Crippen LogP contribution in [0.5, 0.6) is 0 Å². The first-order valence-electron chi connectivity index (χ1n) is 10.5. The summed E-state index contributed by atoms with van der Waals surface area (Å²) >= 11 is 0. The van der Waals surface area contributed by atoms with Gasteiger partial charge in [0.2, 0.25) is 0 Å². The lowest BCUT2D eigenvalue weighted by Crippen LogP contribution is -2.45. The van der Waals surface area contributed by atoms with E-state index in [9.17, 15) is 10.2 Å². The molecule has 0 fully saturated rings. The Balaban J connectivity index is 1.61. The van der Waals surface area contributed by atoms with Crippen LogP contribution < -0.4 is 0 Å². The SMILES string of the molecule is OCC(OCc1ccccc1)C(OCc1ccccc1)C(O)COCc1ccccc1. The van der Waals surface area contributed by atoms with Crippen LogP contribution >= 0.6 is 0 Å². The minimum absolute atomic E-state index is 0.0690. The molecule has 0 aliphatic carbocycles. The molecule has 31 heavy (non-hydrogen) atoms. The van der Waals surface area contributed by atoms with Gasteiger partial charge in [-0.2, -0.15) is 0 Å². The standard InChI is InChI=1S/C26H30O5/c27-16-25(30-18-22-12-6-2-7-13-22)26(31-19-23-14-8-3-9-15-23)24(28)20-29-17-21-10-4-1-5-11-21/h1-15,24-28H,16-20H2. The van der Waals surface area contributed by atoms with E-state index in [0.717, 1.165) is 16.7 Å². The van der Waals surface area contributed by atoms with Crippen molar-refractivity contribution in [2.24, 2.45) is 0 Å². The third kappa shape index (κ3) is 7.90. The smallest absolute Gasteiger partial charge is 0.114 e. The maximum absolute atomic E-state index is 10.8. The number of rotatable bonds is 13. The van der Waals surface area contributed by atoms with Crippen molar-refractivity contribution in [1.29, 1.82) is 0 Å².